The number of nitrogens with two attached hydrogens (primary N) is 1. The minimum absolute atomic E-state index is 0.415. The predicted octanol–water partition coefficient (Wildman–Crippen LogP) is 5.06. The molecule has 1 amide bonds. The second-order valence-corrected chi connectivity index (χ2v) is 6.69. The van der Waals surface area contributed by atoms with Crippen LogP contribution in [0.15, 0.2) is 60.0 Å². The normalized spacial score (nSPS) is 11.8. The number of allylic oxidation sites excluding steroid dienone is 1. The van der Waals surface area contributed by atoms with E-state index in [0.717, 1.165) is 29.0 Å². The van der Waals surface area contributed by atoms with Crippen LogP contribution in [0.5, 0.6) is 0 Å². The maximum Gasteiger partial charge on any atom is 0.241 e. The van der Waals surface area contributed by atoms with E-state index in [1.165, 1.54) is 21.7 Å². The third kappa shape index (κ3) is 3.81. The van der Waals surface area contributed by atoms with Crippen LogP contribution < -0.4 is 5.73 Å². The average molecular weight is 342 g/mol. The summed E-state index contributed by atoms with van der Waals surface area (Å²) in [4.78, 5) is 11.3. The van der Waals surface area contributed by atoms with Crippen molar-refractivity contribution in [2.45, 2.75) is 12.8 Å². The maximum atomic E-state index is 11.3. The van der Waals surface area contributed by atoms with E-state index in [0.29, 0.717) is 0 Å². The number of carbonyl (C=O) groups excluding carboxylic acids is 1. The van der Waals surface area contributed by atoms with Gasteiger partial charge in [-0.3, -0.25) is 4.79 Å². The average Bonchev–Trinajstić information content (AvgIpc) is 2.94. The molecule has 0 saturated heterocycles. The summed E-state index contributed by atoms with van der Waals surface area (Å²) in [5.74, 6) is -0.415. The zero-order chi connectivity index (χ0) is 16.2. The molecule has 3 aromatic rings. The topological polar surface area (TPSA) is 43.1 Å². The summed E-state index contributed by atoms with van der Waals surface area (Å²) < 4.78 is 1.23. The highest BCUT2D eigenvalue weighted by Crippen LogP contribution is 2.31. The van der Waals surface area contributed by atoms with Crippen LogP contribution in [-0.2, 0) is 11.2 Å². The Kier molecular flexibility index (Phi) is 4.79. The highest BCUT2D eigenvalue weighted by molar-refractivity contribution is 7.17. The smallest absolute Gasteiger partial charge is 0.241 e. The van der Waals surface area contributed by atoms with Crippen molar-refractivity contribution in [1.82, 2.24) is 0 Å². The van der Waals surface area contributed by atoms with Crippen LogP contribution in [0, 0.1) is 0 Å². The Morgan fingerprint density at radius 2 is 1.96 bits per heavy atom. The van der Waals surface area contributed by atoms with Crippen LogP contribution in [0.3, 0.4) is 0 Å². The first-order chi connectivity index (χ1) is 11.1. The molecule has 116 valence electrons. The van der Waals surface area contributed by atoms with Crippen molar-refractivity contribution >= 4 is 44.5 Å². The van der Waals surface area contributed by atoms with Crippen LogP contribution in [0.1, 0.15) is 17.5 Å². The summed E-state index contributed by atoms with van der Waals surface area (Å²) in [6, 6.07) is 15.8. The van der Waals surface area contributed by atoms with Gasteiger partial charge >= 0.3 is 0 Å². The number of halogens is 1. The molecular formula is C19H16ClNOS. The van der Waals surface area contributed by atoms with Gasteiger partial charge in [0, 0.05) is 15.8 Å². The third-order valence-electron chi connectivity index (χ3n) is 3.74. The molecule has 4 heteroatoms. The number of thiophene rings is 1. The largest absolute Gasteiger partial charge is 0.366 e. The zero-order valence-electron chi connectivity index (χ0n) is 12.5. The minimum Gasteiger partial charge on any atom is -0.366 e. The highest BCUT2D eigenvalue weighted by atomic mass is 35.5. The lowest BCUT2D eigenvalue weighted by atomic mass is 9.97. The number of fused-ring (bicyclic) bond motifs is 1. The summed E-state index contributed by atoms with van der Waals surface area (Å²) in [6.45, 7) is 0. The highest BCUT2D eigenvalue weighted by Gasteiger charge is 2.08. The van der Waals surface area contributed by atoms with Crippen LogP contribution in [0.4, 0.5) is 0 Å². The molecule has 1 heterocycles. The Morgan fingerprint density at radius 1 is 1.17 bits per heavy atom. The number of benzene rings is 2. The van der Waals surface area contributed by atoms with Gasteiger partial charge in [0.1, 0.15) is 0 Å². The van der Waals surface area contributed by atoms with Gasteiger partial charge in [0.2, 0.25) is 5.91 Å². The standard InChI is InChI=1S/C19H16ClNOS/c20-16-8-9-18-17(11-16)15(12-23-18)7-6-14(10-19(21)22)13-4-2-1-3-5-13/h1-5,8-12H,6-7H2,(H2,21,22). The molecule has 2 nitrogen and oxygen atoms in total. The Morgan fingerprint density at radius 3 is 2.70 bits per heavy atom. The van der Waals surface area contributed by atoms with E-state index in [1.54, 1.807) is 11.3 Å². The molecule has 0 radical (unpaired) electrons. The quantitative estimate of drug-likeness (QED) is 0.648. The van der Waals surface area contributed by atoms with Gasteiger partial charge in [-0.1, -0.05) is 41.9 Å². The molecule has 0 bridgehead atoms. The molecule has 0 fully saturated rings. The number of aryl methyl sites for hydroxylation is 1. The molecule has 0 aliphatic rings. The number of hydrogen-bond acceptors (Lipinski definition) is 2. The van der Waals surface area contributed by atoms with E-state index < -0.39 is 5.91 Å². The van der Waals surface area contributed by atoms with Crippen LogP contribution in [0.2, 0.25) is 5.02 Å². The first-order valence-corrected chi connectivity index (χ1v) is 8.60. The van der Waals surface area contributed by atoms with Gasteiger partial charge in [0.25, 0.3) is 0 Å². The SMILES string of the molecule is NC(=O)C=C(CCc1csc2ccc(Cl)cc12)c1ccccc1. The van der Waals surface area contributed by atoms with Gasteiger partial charge < -0.3 is 5.73 Å². The van der Waals surface area contributed by atoms with Crippen molar-refractivity contribution in [2.75, 3.05) is 0 Å². The number of primary amides is 1. The molecule has 0 unspecified atom stereocenters. The monoisotopic (exact) mass is 341 g/mol. The van der Waals surface area contributed by atoms with E-state index in [2.05, 4.69) is 5.38 Å². The van der Waals surface area contributed by atoms with Crippen molar-refractivity contribution in [3.05, 3.63) is 76.1 Å². The fraction of sp³-hybridized carbons (Fsp3) is 0.105. The number of amides is 1. The molecule has 0 atom stereocenters. The lowest BCUT2D eigenvalue weighted by Crippen LogP contribution is -2.07. The summed E-state index contributed by atoms with van der Waals surface area (Å²) >= 11 is 7.82. The Hall–Kier alpha value is -2.10. The summed E-state index contributed by atoms with van der Waals surface area (Å²) in [5.41, 5.74) is 8.60. The molecule has 2 N–H and O–H groups in total. The zero-order valence-corrected chi connectivity index (χ0v) is 14.0. The van der Waals surface area contributed by atoms with Crippen molar-refractivity contribution < 1.29 is 4.79 Å². The van der Waals surface area contributed by atoms with Crippen LogP contribution in [0.25, 0.3) is 15.7 Å². The fourth-order valence-electron chi connectivity index (χ4n) is 2.64. The fourth-order valence-corrected chi connectivity index (χ4v) is 3.79. The van der Waals surface area contributed by atoms with E-state index in [4.69, 9.17) is 17.3 Å². The van der Waals surface area contributed by atoms with Crippen molar-refractivity contribution in [2.24, 2.45) is 5.73 Å². The number of carbonyl (C=O) groups is 1. The van der Waals surface area contributed by atoms with Gasteiger partial charge in [-0.2, -0.15) is 0 Å². The Balaban J connectivity index is 1.86. The first kappa shape index (κ1) is 15.8. The van der Waals surface area contributed by atoms with E-state index in [9.17, 15) is 4.79 Å². The van der Waals surface area contributed by atoms with E-state index >= 15 is 0 Å². The number of rotatable bonds is 5. The summed E-state index contributed by atoms with van der Waals surface area (Å²) in [5, 5.41) is 4.09. The predicted molar refractivity (Wildman–Crippen MR) is 98.8 cm³/mol. The molecule has 23 heavy (non-hydrogen) atoms. The molecule has 1 aromatic heterocycles. The molecule has 0 aliphatic heterocycles. The molecule has 2 aromatic carbocycles. The van der Waals surface area contributed by atoms with Crippen molar-refractivity contribution in [3.8, 4) is 0 Å². The third-order valence-corrected chi connectivity index (χ3v) is 4.99. The summed E-state index contributed by atoms with van der Waals surface area (Å²) in [7, 11) is 0. The van der Waals surface area contributed by atoms with Gasteiger partial charge in [-0.15, -0.1) is 11.3 Å². The van der Waals surface area contributed by atoms with Crippen molar-refractivity contribution in [1.29, 1.82) is 0 Å². The van der Waals surface area contributed by atoms with Crippen molar-refractivity contribution in [3.63, 3.8) is 0 Å². The van der Waals surface area contributed by atoms with Gasteiger partial charge in [0.05, 0.1) is 0 Å². The maximum absolute atomic E-state index is 11.3. The van der Waals surface area contributed by atoms with Gasteiger partial charge in [0.15, 0.2) is 0 Å². The van der Waals surface area contributed by atoms with Crippen LogP contribution >= 0.6 is 22.9 Å². The van der Waals surface area contributed by atoms with E-state index in [1.807, 2.05) is 48.5 Å². The van der Waals surface area contributed by atoms with Crippen LogP contribution in [-0.4, -0.2) is 5.91 Å². The first-order valence-electron chi connectivity index (χ1n) is 7.34. The molecule has 0 aliphatic carbocycles. The minimum atomic E-state index is -0.415. The lowest BCUT2D eigenvalue weighted by Gasteiger charge is -2.07. The van der Waals surface area contributed by atoms with Gasteiger partial charge in [-0.25, -0.2) is 0 Å². The molecule has 0 saturated carbocycles. The second-order valence-electron chi connectivity index (χ2n) is 5.34. The molecule has 3 rings (SSSR count). The molecule has 0 spiro atoms. The lowest BCUT2D eigenvalue weighted by molar-refractivity contribution is -0.113. The Bertz CT molecular complexity index is 867. The molecular weight excluding hydrogens is 326 g/mol. The second kappa shape index (κ2) is 6.99. The Labute approximate surface area is 144 Å². The van der Waals surface area contributed by atoms with E-state index in [-0.39, 0.29) is 0 Å². The van der Waals surface area contributed by atoms with Gasteiger partial charge in [-0.05, 0) is 58.5 Å². The number of hydrogen-bond donors (Lipinski definition) is 1. The summed E-state index contributed by atoms with van der Waals surface area (Å²) in [6.07, 6.45) is 3.12.